The Morgan fingerprint density at radius 3 is 2.48 bits per heavy atom. The van der Waals surface area contributed by atoms with Crippen molar-refractivity contribution >= 4 is 23.3 Å². The van der Waals surface area contributed by atoms with Gasteiger partial charge in [0.15, 0.2) is 0 Å². The van der Waals surface area contributed by atoms with Crippen molar-refractivity contribution in [1.82, 2.24) is 5.32 Å². The van der Waals surface area contributed by atoms with Crippen molar-refractivity contribution in [3.8, 4) is 0 Å². The van der Waals surface area contributed by atoms with Gasteiger partial charge in [0.2, 0.25) is 5.91 Å². The number of amides is 3. The van der Waals surface area contributed by atoms with Crippen molar-refractivity contribution in [2.45, 2.75) is 38.5 Å². The normalized spacial score (nSPS) is 14.7. The molecule has 0 saturated heterocycles. The van der Waals surface area contributed by atoms with Crippen LogP contribution in [0.3, 0.4) is 0 Å². The van der Waals surface area contributed by atoms with Crippen molar-refractivity contribution in [3.63, 3.8) is 0 Å². The molecule has 0 aromatic heterocycles. The van der Waals surface area contributed by atoms with Crippen LogP contribution in [0, 0.1) is 5.92 Å². The van der Waals surface area contributed by atoms with Gasteiger partial charge in [-0.15, -0.1) is 0 Å². The maximum atomic E-state index is 11.9. The third kappa shape index (κ3) is 5.10. The SMILES string of the molecule is CNC(=O)Nc1cccc(NC(=O)CCC2CCCC2)c1. The van der Waals surface area contributed by atoms with Crippen LogP contribution in [-0.2, 0) is 4.79 Å². The summed E-state index contributed by atoms with van der Waals surface area (Å²) in [7, 11) is 1.56. The van der Waals surface area contributed by atoms with E-state index in [9.17, 15) is 9.59 Å². The topological polar surface area (TPSA) is 70.2 Å². The number of hydrogen-bond donors (Lipinski definition) is 3. The summed E-state index contributed by atoms with van der Waals surface area (Å²) in [4.78, 5) is 23.2. The zero-order valence-electron chi connectivity index (χ0n) is 12.4. The molecule has 0 unspecified atom stereocenters. The summed E-state index contributed by atoms with van der Waals surface area (Å²) >= 11 is 0. The van der Waals surface area contributed by atoms with E-state index in [1.165, 1.54) is 25.7 Å². The Bertz CT molecular complexity index is 496. The summed E-state index contributed by atoms with van der Waals surface area (Å²) in [5, 5.41) is 8.06. The van der Waals surface area contributed by atoms with Gasteiger partial charge in [0.1, 0.15) is 0 Å². The average Bonchev–Trinajstić information content (AvgIpc) is 2.98. The number of hydrogen-bond acceptors (Lipinski definition) is 2. The highest BCUT2D eigenvalue weighted by Gasteiger charge is 2.16. The number of urea groups is 1. The van der Waals surface area contributed by atoms with Crippen molar-refractivity contribution < 1.29 is 9.59 Å². The molecule has 0 aliphatic heterocycles. The summed E-state index contributed by atoms with van der Waals surface area (Å²) < 4.78 is 0. The molecule has 1 aromatic rings. The number of rotatable bonds is 5. The lowest BCUT2D eigenvalue weighted by Gasteiger charge is -2.10. The second kappa shape index (κ2) is 7.67. The summed E-state index contributed by atoms with van der Waals surface area (Å²) in [5.74, 6) is 0.760. The molecule has 2 rings (SSSR count). The van der Waals surface area contributed by atoms with E-state index in [4.69, 9.17) is 0 Å². The van der Waals surface area contributed by atoms with Gasteiger partial charge in [0.25, 0.3) is 0 Å². The van der Waals surface area contributed by atoms with Crippen LogP contribution in [0.25, 0.3) is 0 Å². The number of carbonyl (C=O) groups excluding carboxylic acids is 2. The average molecular weight is 289 g/mol. The standard InChI is InChI=1S/C16H23N3O2/c1-17-16(21)19-14-8-4-7-13(11-14)18-15(20)10-9-12-5-2-3-6-12/h4,7-8,11-12H,2-3,5-6,9-10H2,1H3,(H,18,20)(H2,17,19,21). The first-order chi connectivity index (χ1) is 10.2. The van der Waals surface area contributed by atoms with Gasteiger partial charge in [-0.25, -0.2) is 4.79 Å². The predicted octanol–water partition coefficient (Wildman–Crippen LogP) is 3.35. The van der Waals surface area contributed by atoms with E-state index in [-0.39, 0.29) is 11.9 Å². The molecule has 1 fully saturated rings. The van der Waals surface area contributed by atoms with Crippen LogP contribution in [0.1, 0.15) is 38.5 Å². The summed E-state index contributed by atoms with van der Waals surface area (Å²) in [6.45, 7) is 0. The number of anilines is 2. The van der Waals surface area contributed by atoms with Gasteiger partial charge in [0.05, 0.1) is 0 Å². The fourth-order valence-corrected chi connectivity index (χ4v) is 2.73. The Morgan fingerprint density at radius 2 is 1.81 bits per heavy atom. The quantitative estimate of drug-likeness (QED) is 0.778. The third-order valence-corrected chi connectivity index (χ3v) is 3.89. The minimum absolute atomic E-state index is 0.0407. The molecule has 1 saturated carbocycles. The van der Waals surface area contributed by atoms with Crippen LogP contribution in [0.5, 0.6) is 0 Å². The number of benzene rings is 1. The monoisotopic (exact) mass is 289 g/mol. The summed E-state index contributed by atoms with van der Waals surface area (Å²) in [6, 6.07) is 6.88. The molecule has 0 bridgehead atoms. The summed E-state index contributed by atoms with van der Waals surface area (Å²) in [5.41, 5.74) is 1.36. The van der Waals surface area contributed by atoms with E-state index in [2.05, 4.69) is 16.0 Å². The van der Waals surface area contributed by atoms with Gasteiger partial charge in [-0.05, 0) is 30.5 Å². The van der Waals surface area contributed by atoms with Crippen molar-refractivity contribution in [1.29, 1.82) is 0 Å². The van der Waals surface area contributed by atoms with E-state index in [1.54, 1.807) is 25.2 Å². The highest BCUT2D eigenvalue weighted by Crippen LogP contribution is 2.28. The lowest BCUT2D eigenvalue weighted by atomic mass is 10.0. The molecule has 5 heteroatoms. The van der Waals surface area contributed by atoms with Gasteiger partial charge in [-0.2, -0.15) is 0 Å². The minimum atomic E-state index is -0.278. The molecule has 3 amide bonds. The van der Waals surface area contributed by atoms with Gasteiger partial charge in [0, 0.05) is 24.8 Å². The van der Waals surface area contributed by atoms with Crippen molar-refractivity contribution in [2.24, 2.45) is 5.92 Å². The molecular formula is C16H23N3O2. The van der Waals surface area contributed by atoms with Crippen molar-refractivity contribution in [3.05, 3.63) is 24.3 Å². The van der Waals surface area contributed by atoms with E-state index < -0.39 is 0 Å². The molecule has 1 aliphatic rings. The second-order valence-electron chi connectivity index (χ2n) is 5.52. The van der Waals surface area contributed by atoms with Crippen LogP contribution in [0.2, 0.25) is 0 Å². The van der Waals surface area contributed by atoms with Gasteiger partial charge < -0.3 is 16.0 Å². The highest BCUT2D eigenvalue weighted by atomic mass is 16.2. The smallest absolute Gasteiger partial charge is 0.318 e. The maximum absolute atomic E-state index is 11.9. The first-order valence-corrected chi connectivity index (χ1v) is 7.56. The van der Waals surface area contributed by atoms with Gasteiger partial charge in [-0.3, -0.25) is 4.79 Å². The van der Waals surface area contributed by atoms with Crippen LogP contribution in [0.15, 0.2) is 24.3 Å². The van der Waals surface area contributed by atoms with E-state index in [0.29, 0.717) is 17.8 Å². The second-order valence-corrected chi connectivity index (χ2v) is 5.52. The lowest BCUT2D eigenvalue weighted by Crippen LogP contribution is -2.24. The molecule has 3 N–H and O–H groups in total. The Kier molecular flexibility index (Phi) is 5.60. The molecule has 1 aliphatic carbocycles. The van der Waals surface area contributed by atoms with Crippen LogP contribution >= 0.6 is 0 Å². The molecule has 0 heterocycles. The van der Waals surface area contributed by atoms with E-state index in [1.807, 2.05) is 6.07 Å². The molecular weight excluding hydrogens is 266 g/mol. The maximum Gasteiger partial charge on any atom is 0.318 e. The summed E-state index contributed by atoms with van der Waals surface area (Å²) in [6.07, 6.45) is 6.68. The number of nitrogens with one attached hydrogen (secondary N) is 3. The zero-order valence-corrected chi connectivity index (χ0v) is 12.4. The third-order valence-electron chi connectivity index (χ3n) is 3.89. The lowest BCUT2D eigenvalue weighted by molar-refractivity contribution is -0.116. The van der Waals surface area contributed by atoms with Crippen LogP contribution < -0.4 is 16.0 Å². The van der Waals surface area contributed by atoms with Gasteiger partial charge >= 0.3 is 6.03 Å². The molecule has 21 heavy (non-hydrogen) atoms. The van der Waals surface area contributed by atoms with Gasteiger partial charge in [-0.1, -0.05) is 31.7 Å². The fourth-order valence-electron chi connectivity index (χ4n) is 2.73. The molecule has 5 nitrogen and oxygen atoms in total. The molecule has 0 spiro atoms. The molecule has 0 atom stereocenters. The minimum Gasteiger partial charge on any atom is -0.341 e. The first kappa shape index (κ1) is 15.4. The Morgan fingerprint density at radius 1 is 1.14 bits per heavy atom. The molecule has 0 radical (unpaired) electrons. The van der Waals surface area contributed by atoms with Crippen molar-refractivity contribution in [2.75, 3.05) is 17.7 Å². The Labute approximate surface area is 125 Å². The fraction of sp³-hybridized carbons (Fsp3) is 0.500. The van der Waals surface area contributed by atoms with Crippen LogP contribution in [0.4, 0.5) is 16.2 Å². The number of carbonyl (C=O) groups is 2. The van der Waals surface area contributed by atoms with Crippen LogP contribution in [-0.4, -0.2) is 19.0 Å². The largest absolute Gasteiger partial charge is 0.341 e. The zero-order chi connectivity index (χ0) is 15.1. The van der Waals surface area contributed by atoms with E-state index >= 15 is 0 Å². The molecule has 114 valence electrons. The Balaban J connectivity index is 1.82. The highest BCUT2D eigenvalue weighted by molar-refractivity contribution is 5.93. The first-order valence-electron chi connectivity index (χ1n) is 7.56. The van der Waals surface area contributed by atoms with E-state index in [0.717, 1.165) is 12.3 Å². The Hall–Kier alpha value is -2.04. The molecule has 1 aromatic carbocycles. The predicted molar refractivity (Wildman–Crippen MR) is 84.3 cm³/mol.